The molecular formula is C11H19N3O. The highest BCUT2D eigenvalue weighted by molar-refractivity contribution is 5.07. The van der Waals surface area contributed by atoms with Crippen LogP contribution in [-0.4, -0.2) is 30.0 Å². The molecule has 84 valence electrons. The number of ether oxygens (including phenoxy) is 1. The van der Waals surface area contributed by atoms with Crippen LogP contribution in [0.2, 0.25) is 0 Å². The number of nitrogens with one attached hydrogen (secondary N) is 1. The fourth-order valence-electron chi connectivity index (χ4n) is 2.27. The summed E-state index contributed by atoms with van der Waals surface area (Å²) in [5.41, 5.74) is 1.15. The van der Waals surface area contributed by atoms with Crippen molar-refractivity contribution in [2.75, 3.05) is 20.3 Å². The lowest BCUT2D eigenvalue weighted by atomic mass is 9.90. The molecule has 0 spiro atoms. The Hall–Kier alpha value is -0.870. The zero-order valence-electron chi connectivity index (χ0n) is 9.44. The van der Waals surface area contributed by atoms with Gasteiger partial charge in [-0.25, -0.2) is 0 Å². The van der Waals surface area contributed by atoms with E-state index in [0.717, 1.165) is 31.7 Å². The van der Waals surface area contributed by atoms with Gasteiger partial charge < -0.3 is 10.1 Å². The summed E-state index contributed by atoms with van der Waals surface area (Å²) in [4.78, 5) is 0. The van der Waals surface area contributed by atoms with E-state index < -0.39 is 0 Å². The summed E-state index contributed by atoms with van der Waals surface area (Å²) in [6, 6.07) is 2.46. The van der Waals surface area contributed by atoms with Crippen molar-refractivity contribution in [3.8, 4) is 0 Å². The Bertz CT molecular complexity index is 305. The lowest BCUT2D eigenvalue weighted by Gasteiger charge is -2.28. The van der Waals surface area contributed by atoms with Gasteiger partial charge in [0, 0.05) is 26.5 Å². The molecule has 2 rings (SSSR count). The second kappa shape index (κ2) is 4.77. The van der Waals surface area contributed by atoms with E-state index in [4.69, 9.17) is 4.74 Å². The minimum Gasteiger partial charge on any atom is -0.381 e. The summed E-state index contributed by atoms with van der Waals surface area (Å²) >= 11 is 0. The first kappa shape index (κ1) is 10.6. The van der Waals surface area contributed by atoms with Crippen LogP contribution in [0.25, 0.3) is 0 Å². The normalized spacial score (nSPS) is 20.4. The molecule has 0 radical (unpaired) electrons. The minimum absolute atomic E-state index is 0.370. The molecule has 0 aromatic carbocycles. The van der Waals surface area contributed by atoms with Gasteiger partial charge in [-0.3, -0.25) is 4.68 Å². The summed E-state index contributed by atoms with van der Waals surface area (Å²) in [6.07, 6.45) is 4.25. The van der Waals surface area contributed by atoms with Gasteiger partial charge in [0.15, 0.2) is 0 Å². The molecule has 15 heavy (non-hydrogen) atoms. The molecule has 4 nitrogen and oxygen atoms in total. The van der Waals surface area contributed by atoms with Gasteiger partial charge in [-0.2, -0.15) is 5.10 Å². The maximum absolute atomic E-state index is 5.38. The van der Waals surface area contributed by atoms with Crippen molar-refractivity contribution in [1.29, 1.82) is 0 Å². The van der Waals surface area contributed by atoms with Crippen LogP contribution in [0.5, 0.6) is 0 Å². The third-order valence-electron chi connectivity index (χ3n) is 3.10. The van der Waals surface area contributed by atoms with Crippen LogP contribution in [0.1, 0.15) is 24.6 Å². The average Bonchev–Trinajstić information content (AvgIpc) is 2.68. The molecule has 1 aliphatic heterocycles. The number of aryl methyl sites for hydroxylation is 1. The van der Waals surface area contributed by atoms with Crippen LogP contribution >= 0.6 is 0 Å². The van der Waals surface area contributed by atoms with E-state index in [1.165, 1.54) is 0 Å². The molecule has 1 unspecified atom stereocenters. The number of nitrogens with zero attached hydrogens (tertiary/aromatic N) is 2. The standard InChI is InChI=1S/C11H19N3O/c1-12-11(9-4-7-15-8-5-9)10-3-6-14(2)13-10/h3,6,9,11-12H,4-5,7-8H2,1-2H3. The van der Waals surface area contributed by atoms with E-state index in [2.05, 4.69) is 16.5 Å². The zero-order valence-corrected chi connectivity index (χ0v) is 9.44. The van der Waals surface area contributed by atoms with Gasteiger partial charge in [0.25, 0.3) is 0 Å². The summed E-state index contributed by atoms with van der Waals surface area (Å²) < 4.78 is 7.24. The molecule has 0 aliphatic carbocycles. The topological polar surface area (TPSA) is 39.1 Å². The molecule has 1 aromatic heterocycles. The Morgan fingerprint density at radius 2 is 2.27 bits per heavy atom. The first-order valence-corrected chi connectivity index (χ1v) is 5.56. The first-order valence-electron chi connectivity index (χ1n) is 5.56. The Labute approximate surface area is 90.6 Å². The van der Waals surface area contributed by atoms with Crippen LogP contribution in [0.15, 0.2) is 12.3 Å². The number of hydrogen-bond acceptors (Lipinski definition) is 3. The molecular weight excluding hydrogens is 190 g/mol. The Kier molecular flexibility index (Phi) is 3.38. The fraction of sp³-hybridized carbons (Fsp3) is 0.727. The molecule has 2 heterocycles. The van der Waals surface area contributed by atoms with Gasteiger partial charge >= 0.3 is 0 Å². The molecule has 1 atom stereocenters. The maximum Gasteiger partial charge on any atom is 0.0796 e. The fourth-order valence-corrected chi connectivity index (χ4v) is 2.27. The van der Waals surface area contributed by atoms with E-state index in [-0.39, 0.29) is 0 Å². The van der Waals surface area contributed by atoms with Crippen molar-refractivity contribution in [1.82, 2.24) is 15.1 Å². The largest absolute Gasteiger partial charge is 0.381 e. The highest BCUT2D eigenvalue weighted by atomic mass is 16.5. The van der Waals surface area contributed by atoms with Crippen molar-refractivity contribution >= 4 is 0 Å². The highest BCUT2D eigenvalue weighted by Crippen LogP contribution is 2.28. The Morgan fingerprint density at radius 3 is 2.80 bits per heavy atom. The second-order valence-corrected chi connectivity index (χ2v) is 4.13. The van der Waals surface area contributed by atoms with Crippen molar-refractivity contribution in [3.05, 3.63) is 18.0 Å². The predicted molar refractivity (Wildman–Crippen MR) is 58.6 cm³/mol. The van der Waals surface area contributed by atoms with E-state index in [1.54, 1.807) is 0 Å². The lowest BCUT2D eigenvalue weighted by Crippen LogP contribution is -2.30. The number of hydrogen-bond donors (Lipinski definition) is 1. The van der Waals surface area contributed by atoms with E-state index in [1.807, 2.05) is 25.0 Å². The Morgan fingerprint density at radius 1 is 1.53 bits per heavy atom. The van der Waals surface area contributed by atoms with Crippen molar-refractivity contribution in [2.24, 2.45) is 13.0 Å². The molecule has 0 saturated carbocycles. The average molecular weight is 209 g/mol. The van der Waals surface area contributed by atoms with Crippen LogP contribution in [0.4, 0.5) is 0 Å². The van der Waals surface area contributed by atoms with E-state index in [9.17, 15) is 0 Å². The summed E-state index contributed by atoms with van der Waals surface area (Å²) in [5, 5.41) is 7.84. The number of aromatic nitrogens is 2. The molecule has 0 amide bonds. The zero-order chi connectivity index (χ0) is 10.7. The number of rotatable bonds is 3. The third kappa shape index (κ3) is 2.38. The van der Waals surface area contributed by atoms with Gasteiger partial charge in [0.05, 0.1) is 11.7 Å². The van der Waals surface area contributed by atoms with Gasteiger partial charge in [-0.1, -0.05) is 0 Å². The summed E-state index contributed by atoms with van der Waals surface area (Å²) in [6.45, 7) is 1.77. The molecule has 1 fully saturated rings. The third-order valence-corrected chi connectivity index (χ3v) is 3.10. The quantitative estimate of drug-likeness (QED) is 0.810. The van der Waals surface area contributed by atoms with Crippen molar-refractivity contribution in [3.63, 3.8) is 0 Å². The highest BCUT2D eigenvalue weighted by Gasteiger charge is 2.25. The summed E-state index contributed by atoms with van der Waals surface area (Å²) in [7, 11) is 3.97. The molecule has 0 bridgehead atoms. The SMILES string of the molecule is CNC(c1ccn(C)n1)C1CCOCC1. The van der Waals surface area contributed by atoms with E-state index >= 15 is 0 Å². The summed E-state index contributed by atoms with van der Waals surface area (Å²) in [5.74, 6) is 0.652. The molecule has 1 aromatic rings. The van der Waals surface area contributed by atoms with E-state index in [0.29, 0.717) is 12.0 Å². The second-order valence-electron chi connectivity index (χ2n) is 4.13. The van der Waals surface area contributed by atoms with Gasteiger partial charge in [-0.15, -0.1) is 0 Å². The van der Waals surface area contributed by atoms with Gasteiger partial charge in [0.2, 0.25) is 0 Å². The maximum atomic E-state index is 5.38. The smallest absolute Gasteiger partial charge is 0.0796 e. The molecule has 4 heteroatoms. The van der Waals surface area contributed by atoms with Crippen LogP contribution in [0.3, 0.4) is 0 Å². The minimum atomic E-state index is 0.370. The molecule has 1 N–H and O–H groups in total. The van der Waals surface area contributed by atoms with Gasteiger partial charge in [-0.05, 0) is 31.9 Å². The predicted octanol–water partition coefficient (Wildman–Crippen LogP) is 1.11. The Balaban J connectivity index is 2.08. The molecule has 1 aliphatic rings. The van der Waals surface area contributed by atoms with Gasteiger partial charge in [0.1, 0.15) is 0 Å². The van der Waals surface area contributed by atoms with Crippen LogP contribution in [-0.2, 0) is 11.8 Å². The van der Waals surface area contributed by atoms with Crippen LogP contribution < -0.4 is 5.32 Å². The first-order chi connectivity index (χ1) is 7.31. The molecule has 1 saturated heterocycles. The van der Waals surface area contributed by atoms with Crippen molar-refractivity contribution in [2.45, 2.75) is 18.9 Å². The van der Waals surface area contributed by atoms with Crippen LogP contribution in [0, 0.1) is 5.92 Å². The monoisotopic (exact) mass is 209 g/mol. The van der Waals surface area contributed by atoms with Crippen molar-refractivity contribution < 1.29 is 4.74 Å². The lowest BCUT2D eigenvalue weighted by molar-refractivity contribution is 0.0540.